The number of halogens is 2. The fourth-order valence-electron chi connectivity index (χ4n) is 1.74. The van der Waals surface area contributed by atoms with Gasteiger partial charge in [0.1, 0.15) is 0 Å². The number of H-pyrrole nitrogens is 1. The highest BCUT2D eigenvalue weighted by atomic mass is 35.5. The maximum Gasteiger partial charge on any atom is 0.334 e. The van der Waals surface area contributed by atoms with Crippen LogP contribution in [0.4, 0.5) is 4.39 Å². The molecule has 0 fully saturated rings. The standard InChI is InChI=1S/C12H10ClFN2O2/c1-2-7-5-3-4-6-8(7)16-11(17)9(14)10(13)15-12(16)18/h3-6H,2H2,1H3,(H,15,18). The highest BCUT2D eigenvalue weighted by molar-refractivity contribution is 6.29. The second-order valence-electron chi connectivity index (χ2n) is 3.68. The molecule has 0 saturated carbocycles. The molecule has 0 aliphatic rings. The van der Waals surface area contributed by atoms with Crippen LogP contribution < -0.4 is 11.2 Å². The molecule has 0 saturated heterocycles. The van der Waals surface area contributed by atoms with Gasteiger partial charge < -0.3 is 0 Å². The highest BCUT2D eigenvalue weighted by Gasteiger charge is 2.15. The van der Waals surface area contributed by atoms with Crippen molar-refractivity contribution in [1.82, 2.24) is 9.55 Å². The molecule has 4 nitrogen and oxygen atoms in total. The van der Waals surface area contributed by atoms with Crippen LogP contribution in [0, 0.1) is 5.82 Å². The minimum absolute atomic E-state index is 0.363. The Balaban J connectivity index is 2.84. The smallest absolute Gasteiger partial charge is 0.295 e. The zero-order valence-electron chi connectivity index (χ0n) is 9.54. The molecule has 2 rings (SSSR count). The Kier molecular flexibility index (Phi) is 3.34. The number of benzene rings is 1. The van der Waals surface area contributed by atoms with Crippen molar-refractivity contribution in [3.8, 4) is 5.69 Å². The predicted octanol–water partition coefficient (Wildman–Crippen LogP) is 1.88. The van der Waals surface area contributed by atoms with Gasteiger partial charge in [0.05, 0.1) is 5.69 Å². The first-order valence-corrected chi connectivity index (χ1v) is 5.72. The molecule has 6 heteroatoms. The number of hydrogen-bond acceptors (Lipinski definition) is 2. The summed E-state index contributed by atoms with van der Waals surface area (Å²) in [5.74, 6) is -1.16. The van der Waals surface area contributed by atoms with Gasteiger partial charge in [0, 0.05) is 0 Å². The Morgan fingerprint density at radius 1 is 1.33 bits per heavy atom. The number of hydrogen-bond donors (Lipinski definition) is 1. The van der Waals surface area contributed by atoms with Crippen LogP contribution in [0.2, 0.25) is 5.15 Å². The van der Waals surface area contributed by atoms with E-state index in [0.29, 0.717) is 12.1 Å². The third-order valence-corrected chi connectivity index (χ3v) is 2.88. The molecule has 0 unspecified atom stereocenters. The molecular weight excluding hydrogens is 259 g/mol. The summed E-state index contributed by atoms with van der Waals surface area (Å²) in [5, 5.41) is -0.574. The summed E-state index contributed by atoms with van der Waals surface area (Å²) in [7, 11) is 0. The van der Waals surface area contributed by atoms with Crippen molar-refractivity contribution in [3.63, 3.8) is 0 Å². The molecule has 2 aromatic rings. The second-order valence-corrected chi connectivity index (χ2v) is 4.06. The van der Waals surface area contributed by atoms with Crippen molar-refractivity contribution in [2.24, 2.45) is 0 Å². The van der Waals surface area contributed by atoms with E-state index in [-0.39, 0.29) is 0 Å². The molecule has 1 heterocycles. The Hall–Kier alpha value is -1.88. The Labute approximate surface area is 107 Å². The van der Waals surface area contributed by atoms with Crippen molar-refractivity contribution in [1.29, 1.82) is 0 Å². The van der Waals surface area contributed by atoms with Crippen molar-refractivity contribution in [2.45, 2.75) is 13.3 Å². The number of aromatic amines is 1. The molecule has 0 aliphatic heterocycles. The first-order chi connectivity index (χ1) is 8.56. The van der Waals surface area contributed by atoms with Crippen LogP contribution in [-0.4, -0.2) is 9.55 Å². The summed E-state index contributed by atoms with van der Waals surface area (Å²) in [5.41, 5.74) is -0.675. The fourth-order valence-corrected chi connectivity index (χ4v) is 1.90. The van der Waals surface area contributed by atoms with Crippen molar-refractivity contribution in [2.75, 3.05) is 0 Å². The minimum Gasteiger partial charge on any atom is -0.295 e. The highest BCUT2D eigenvalue weighted by Crippen LogP contribution is 2.12. The van der Waals surface area contributed by atoms with Crippen molar-refractivity contribution >= 4 is 11.6 Å². The third kappa shape index (κ3) is 1.97. The van der Waals surface area contributed by atoms with Gasteiger partial charge in [0.15, 0.2) is 5.15 Å². The van der Waals surface area contributed by atoms with Crippen molar-refractivity contribution < 1.29 is 4.39 Å². The SMILES string of the molecule is CCc1ccccc1-n1c(=O)[nH]c(Cl)c(F)c1=O. The van der Waals surface area contributed by atoms with Crippen LogP contribution in [0.15, 0.2) is 33.9 Å². The molecule has 1 N–H and O–H groups in total. The summed E-state index contributed by atoms with van der Waals surface area (Å²) in [6.07, 6.45) is 0.617. The van der Waals surface area contributed by atoms with Gasteiger partial charge in [-0.05, 0) is 18.1 Å². The molecule has 0 spiro atoms. The molecule has 0 aliphatic carbocycles. The van der Waals surface area contributed by atoms with Crippen LogP contribution in [0.25, 0.3) is 5.69 Å². The molecule has 0 bridgehead atoms. The molecule has 1 aromatic carbocycles. The first kappa shape index (κ1) is 12.6. The van der Waals surface area contributed by atoms with Crippen LogP contribution in [0.3, 0.4) is 0 Å². The average molecular weight is 269 g/mol. The third-order valence-electron chi connectivity index (χ3n) is 2.62. The van der Waals surface area contributed by atoms with Gasteiger partial charge in [-0.25, -0.2) is 9.36 Å². The van der Waals surface area contributed by atoms with Crippen LogP contribution in [0.5, 0.6) is 0 Å². The van der Waals surface area contributed by atoms with Gasteiger partial charge in [-0.3, -0.25) is 9.78 Å². The maximum atomic E-state index is 13.5. The molecular formula is C12H10ClFN2O2. The van der Waals surface area contributed by atoms with E-state index < -0.39 is 22.2 Å². The molecule has 0 radical (unpaired) electrons. The van der Waals surface area contributed by atoms with Gasteiger partial charge in [-0.2, -0.15) is 4.39 Å². The Morgan fingerprint density at radius 2 is 2.00 bits per heavy atom. The number of aryl methyl sites for hydroxylation is 1. The lowest BCUT2D eigenvalue weighted by Crippen LogP contribution is -2.36. The Morgan fingerprint density at radius 3 is 2.67 bits per heavy atom. The van der Waals surface area contributed by atoms with E-state index >= 15 is 0 Å². The fraction of sp³-hybridized carbons (Fsp3) is 0.167. The van der Waals surface area contributed by atoms with Gasteiger partial charge in [-0.1, -0.05) is 36.7 Å². The lowest BCUT2D eigenvalue weighted by atomic mass is 10.1. The molecule has 0 amide bonds. The molecule has 0 atom stereocenters. The van der Waals surface area contributed by atoms with Crippen LogP contribution in [0.1, 0.15) is 12.5 Å². The predicted molar refractivity (Wildman–Crippen MR) is 67.0 cm³/mol. The summed E-state index contributed by atoms with van der Waals surface area (Å²) in [6, 6.07) is 6.82. The lowest BCUT2D eigenvalue weighted by molar-refractivity contribution is 0.584. The minimum atomic E-state index is -1.16. The van der Waals surface area contributed by atoms with E-state index in [1.165, 1.54) is 0 Å². The molecule has 18 heavy (non-hydrogen) atoms. The van der Waals surface area contributed by atoms with E-state index in [1.54, 1.807) is 24.3 Å². The lowest BCUT2D eigenvalue weighted by Gasteiger charge is -2.09. The monoisotopic (exact) mass is 268 g/mol. The normalized spacial score (nSPS) is 10.6. The zero-order valence-corrected chi connectivity index (χ0v) is 10.3. The number of nitrogens with one attached hydrogen (secondary N) is 1. The van der Waals surface area contributed by atoms with E-state index in [1.807, 2.05) is 6.92 Å². The van der Waals surface area contributed by atoms with E-state index in [0.717, 1.165) is 10.1 Å². The number of para-hydroxylation sites is 1. The van der Waals surface area contributed by atoms with Gasteiger partial charge in [-0.15, -0.1) is 0 Å². The summed E-state index contributed by atoms with van der Waals surface area (Å²) in [4.78, 5) is 25.6. The average Bonchev–Trinajstić information content (AvgIpc) is 2.37. The zero-order chi connectivity index (χ0) is 13.3. The first-order valence-electron chi connectivity index (χ1n) is 5.35. The summed E-state index contributed by atoms with van der Waals surface area (Å²) in [6.45, 7) is 1.88. The quantitative estimate of drug-likeness (QED) is 0.846. The number of rotatable bonds is 2. The summed E-state index contributed by atoms with van der Waals surface area (Å²) >= 11 is 5.41. The van der Waals surface area contributed by atoms with E-state index in [4.69, 9.17) is 11.6 Å². The number of nitrogens with zero attached hydrogens (tertiary/aromatic N) is 1. The topological polar surface area (TPSA) is 54.9 Å². The largest absolute Gasteiger partial charge is 0.334 e. The molecule has 1 aromatic heterocycles. The number of aromatic nitrogens is 2. The molecule has 94 valence electrons. The Bertz CT molecular complexity index is 706. The second kappa shape index (κ2) is 4.78. The van der Waals surface area contributed by atoms with Crippen LogP contribution in [-0.2, 0) is 6.42 Å². The summed E-state index contributed by atoms with van der Waals surface area (Å²) < 4.78 is 14.2. The van der Waals surface area contributed by atoms with Gasteiger partial charge in [0.25, 0.3) is 5.56 Å². The van der Waals surface area contributed by atoms with Gasteiger partial charge >= 0.3 is 5.69 Å². The maximum absolute atomic E-state index is 13.5. The van der Waals surface area contributed by atoms with Crippen LogP contribution >= 0.6 is 11.6 Å². The van der Waals surface area contributed by atoms with Gasteiger partial charge in [0.2, 0.25) is 5.82 Å². The van der Waals surface area contributed by atoms with Crippen molar-refractivity contribution in [3.05, 3.63) is 61.6 Å². The van der Waals surface area contributed by atoms with E-state index in [9.17, 15) is 14.0 Å². The van der Waals surface area contributed by atoms with E-state index in [2.05, 4.69) is 4.98 Å².